The Labute approximate surface area is 131 Å². The van der Waals surface area contributed by atoms with Crippen molar-refractivity contribution in [3.05, 3.63) is 24.7 Å². The van der Waals surface area contributed by atoms with Gasteiger partial charge in [0.25, 0.3) is 0 Å². The van der Waals surface area contributed by atoms with Crippen LogP contribution >= 0.6 is 0 Å². The molecular formula is C15H23N3O3Si. The average molecular weight is 321 g/mol. The molecule has 0 saturated carbocycles. The number of fused-ring (bicyclic) bond motifs is 1. The Morgan fingerprint density at radius 1 is 1.41 bits per heavy atom. The molecule has 1 amide bonds. The lowest BCUT2D eigenvalue weighted by molar-refractivity contribution is 0.0902. The Morgan fingerprint density at radius 2 is 2.14 bits per heavy atom. The fraction of sp³-hybridized carbons (Fsp3) is 0.467. The molecule has 0 aliphatic rings. The van der Waals surface area contributed by atoms with Crippen molar-refractivity contribution in [1.29, 1.82) is 0 Å². The largest absolute Gasteiger partial charge is 0.465 e. The number of pyridine rings is 1. The minimum atomic E-state index is -1.09. The third-order valence-electron chi connectivity index (χ3n) is 3.55. The first kappa shape index (κ1) is 16.5. The predicted octanol–water partition coefficient (Wildman–Crippen LogP) is 3.46. The fourth-order valence-electron chi connectivity index (χ4n) is 2.12. The van der Waals surface area contributed by atoms with Gasteiger partial charge in [-0.25, -0.2) is 4.79 Å². The zero-order valence-corrected chi connectivity index (χ0v) is 14.5. The molecule has 0 atom stereocenters. The van der Waals surface area contributed by atoms with Crippen molar-refractivity contribution in [2.75, 3.05) is 18.6 Å². The number of ether oxygens (including phenoxy) is 1. The van der Waals surface area contributed by atoms with Crippen molar-refractivity contribution in [2.24, 2.45) is 0 Å². The van der Waals surface area contributed by atoms with Gasteiger partial charge in [-0.05, 0) is 12.1 Å². The molecule has 0 aliphatic carbocycles. The van der Waals surface area contributed by atoms with Crippen LogP contribution in [-0.2, 0) is 11.5 Å². The normalized spacial score (nSPS) is 11.8. The van der Waals surface area contributed by atoms with E-state index in [2.05, 4.69) is 24.6 Å². The van der Waals surface area contributed by atoms with E-state index in [1.54, 1.807) is 12.4 Å². The Hall–Kier alpha value is -1.86. The molecule has 0 bridgehead atoms. The van der Waals surface area contributed by atoms with E-state index in [0.29, 0.717) is 12.4 Å². The molecule has 1 N–H and O–H groups in total. The van der Waals surface area contributed by atoms with Crippen LogP contribution in [0.5, 0.6) is 0 Å². The SMILES string of the molecule is CN(C(=O)O)c1cncc2c1ccn2COCC[Si](C)(C)C. The highest BCUT2D eigenvalue weighted by molar-refractivity contribution is 6.76. The average Bonchev–Trinajstić information content (AvgIpc) is 2.85. The van der Waals surface area contributed by atoms with Crippen LogP contribution in [0, 0.1) is 0 Å². The zero-order chi connectivity index (χ0) is 16.3. The van der Waals surface area contributed by atoms with E-state index in [4.69, 9.17) is 9.84 Å². The fourth-order valence-corrected chi connectivity index (χ4v) is 2.87. The lowest BCUT2D eigenvalue weighted by Crippen LogP contribution is -2.24. The minimum Gasteiger partial charge on any atom is -0.465 e. The van der Waals surface area contributed by atoms with E-state index in [1.807, 2.05) is 16.8 Å². The van der Waals surface area contributed by atoms with Crippen LogP contribution in [-0.4, -0.2) is 42.5 Å². The number of nitrogens with zero attached hydrogens (tertiary/aromatic N) is 3. The van der Waals surface area contributed by atoms with Gasteiger partial charge in [0, 0.05) is 33.3 Å². The number of rotatable bonds is 6. The van der Waals surface area contributed by atoms with Crippen molar-refractivity contribution < 1.29 is 14.6 Å². The number of carboxylic acid groups (broad SMARTS) is 1. The van der Waals surface area contributed by atoms with Crippen LogP contribution in [0.25, 0.3) is 10.9 Å². The van der Waals surface area contributed by atoms with Crippen LogP contribution in [0.1, 0.15) is 0 Å². The Morgan fingerprint density at radius 3 is 2.77 bits per heavy atom. The lowest BCUT2D eigenvalue weighted by Gasteiger charge is -2.16. The van der Waals surface area contributed by atoms with Gasteiger partial charge in [0.2, 0.25) is 0 Å². The first-order valence-corrected chi connectivity index (χ1v) is 11.0. The summed E-state index contributed by atoms with van der Waals surface area (Å²) in [7, 11) is 0.427. The van der Waals surface area contributed by atoms with Gasteiger partial charge in [-0.15, -0.1) is 0 Å². The molecule has 0 aromatic carbocycles. The van der Waals surface area contributed by atoms with Gasteiger partial charge in [0.15, 0.2) is 0 Å². The molecule has 0 spiro atoms. The van der Waals surface area contributed by atoms with Crippen molar-refractivity contribution in [1.82, 2.24) is 9.55 Å². The second-order valence-corrected chi connectivity index (χ2v) is 12.2. The van der Waals surface area contributed by atoms with Crippen molar-refractivity contribution in [3.8, 4) is 0 Å². The van der Waals surface area contributed by atoms with Crippen LogP contribution in [0.15, 0.2) is 24.7 Å². The van der Waals surface area contributed by atoms with Crippen LogP contribution in [0.3, 0.4) is 0 Å². The van der Waals surface area contributed by atoms with Crippen molar-refractivity contribution >= 4 is 30.8 Å². The smallest absolute Gasteiger partial charge is 0.411 e. The summed E-state index contributed by atoms with van der Waals surface area (Å²) in [5.41, 5.74) is 1.45. The summed E-state index contributed by atoms with van der Waals surface area (Å²) in [6.07, 6.45) is 4.19. The highest BCUT2D eigenvalue weighted by Crippen LogP contribution is 2.26. The van der Waals surface area contributed by atoms with E-state index in [1.165, 1.54) is 11.9 Å². The maximum atomic E-state index is 11.1. The Bertz CT molecular complexity index is 664. The molecule has 22 heavy (non-hydrogen) atoms. The summed E-state index contributed by atoms with van der Waals surface area (Å²) >= 11 is 0. The predicted molar refractivity (Wildman–Crippen MR) is 90.3 cm³/mol. The molecule has 2 aromatic heterocycles. The monoisotopic (exact) mass is 321 g/mol. The first-order valence-electron chi connectivity index (χ1n) is 7.27. The number of carbonyl (C=O) groups is 1. The molecule has 2 aromatic rings. The molecule has 0 fully saturated rings. The van der Waals surface area contributed by atoms with E-state index in [0.717, 1.165) is 23.6 Å². The number of hydrogen-bond acceptors (Lipinski definition) is 3. The summed E-state index contributed by atoms with van der Waals surface area (Å²) in [6.45, 7) is 8.16. The summed E-state index contributed by atoms with van der Waals surface area (Å²) in [5.74, 6) is 0. The third kappa shape index (κ3) is 3.86. The van der Waals surface area contributed by atoms with E-state index in [-0.39, 0.29) is 0 Å². The summed E-state index contributed by atoms with van der Waals surface area (Å²) in [5, 5.41) is 9.98. The van der Waals surface area contributed by atoms with Crippen LogP contribution < -0.4 is 4.90 Å². The standard InChI is InChI=1S/C15H23N3O3Si/c1-17(15(19)20)13-9-16-10-14-12(13)5-6-18(14)11-21-7-8-22(2,3)4/h5-6,9-10H,7-8,11H2,1-4H3,(H,19,20). The second kappa shape index (κ2) is 6.49. The lowest BCUT2D eigenvalue weighted by atomic mass is 10.2. The van der Waals surface area contributed by atoms with Crippen molar-refractivity contribution in [3.63, 3.8) is 0 Å². The summed E-state index contributed by atoms with van der Waals surface area (Å²) < 4.78 is 7.70. The van der Waals surface area contributed by atoms with E-state index in [9.17, 15) is 4.79 Å². The molecule has 7 heteroatoms. The molecular weight excluding hydrogens is 298 g/mol. The van der Waals surface area contributed by atoms with Crippen molar-refractivity contribution in [2.45, 2.75) is 32.4 Å². The molecule has 0 saturated heterocycles. The molecule has 120 valence electrons. The topological polar surface area (TPSA) is 67.6 Å². The molecule has 0 radical (unpaired) electrons. The van der Waals surface area contributed by atoms with E-state index >= 15 is 0 Å². The minimum absolute atomic E-state index is 0.454. The molecule has 0 aliphatic heterocycles. The van der Waals surface area contributed by atoms with E-state index < -0.39 is 14.2 Å². The molecule has 2 heterocycles. The summed E-state index contributed by atoms with van der Waals surface area (Å²) in [4.78, 5) is 16.4. The number of amides is 1. The van der Waals surface area contributed by atoms with Gasteiger partial charge in [-0.3, -0.25) is 9.88 Å². The zero-order valence-electron chi connectivity index (χ0n) is 13.5. The Kier molecular flexibility index (Phi) is 4.87. The van der Waals surface area contributed by atoms with Gasteiger partial charge in [0.1, 0.15) is 6.73 Å². The first-order chi connectivity index (χ1) is 10.3. The number of anilines is 1. The van der Waals surface area contributed by atoms with Gasteiger partial charge in [0.05, 0.1) is 23.6 Å². The summed E-state index contributed by atoms with van der Waals surface area (Å²) in [6, 6.07) is 3.02. The van der Waals surface area contributed by atoms with Crippen LogP contribution in [0.4, 0.5) is 10.5 Å². The molecule has 6 nitrogen and oxygen atoms in total. The highest BCUT2D eigenvalue weighted by Gasteiger charge is 2.15. The van der Waals surface area contributed by atoms with Gasteiger partial charge in [-0.1, -0.05) is 19.6 Å². The number of aromatic nitrogens is 2. The maximum Gasteiger partial charge on any atom is 0.411 e. The molecule has 0 unspecified atom stereocenters. The van der Waals surface area contributed by atoms with Gasteiger partial charge < -0.3 is 14.4 Å². The Balaban J connectivity index is 2.13. The van der Waals surface area contributed by atoms with Crippen LogP contribution in [0.2, 0.25) is 25.7 Å². The van der Waals surface area contributed by atoms with Gasteiger partial charge in [-0.2, -0.15) is 0 Å². The third-order valence-corrected chi connectivity index (χ3v) is 5.26. The molecule has 2 rings (SSSR count). The van der Waals surface area contributed by atoms with Gasteiger partial charge >= 0.3 is 6.09 Å². The second-order valence-electron chi connectivity index (χ2n) is 6.57. The number of hydrogen-bond donors (Lipinski definition) is 1. The maximum absolute atomic E-state index is 11.1. The highest BCUT2D eigenvalue weighted by atomic mass is 28.3. The quantitative estimate of drug-likeness (QED) is 0.653.